The van der Waals surface area contributed by atoms with Gasteiger partial charge in [-0.25, -0.2) is 9.97 Å². The first-order valence-corrected chi connectivity index (χ1v) is 9.05. The predicted octanol–water partition coefficient (Wildman–Crippen LogP) is 3.98. The van der Waals surface area contributed by atoms with Crippen LogP contribution in [0, 0.1) is 6.92 Å². The fraction of sp³-hybridized carbons (Fsp3) is 0.111. The Morgan fingerprint density at radius 1 is 1.27 bits per heavy atom. The van der Waals surface area contributed by atoms with E-state index in [2.05, 4.69) is 19.9 Å². The Morgan fingerprint density at radius 3 is 2.92 bits per heavy atom. The number of hydrogen-bond donors (Lipinski definition) is 1. The molecule has 0 spiro atoms. The molecule has 0 radical (unpaired) electrons. The number of thiazole rings is 1. The van der Waals surface area contributed by atoms with Gasteiger partial charge in [0.25, 0.3) is 5.56 Å². The summed E-state index contributed by atoms with van der Waals surface area (Å²) in [6.45, 7) is 2.03. The number of aromatic amines is 1. The van der Waals surface area contributed by atoms with Crippen molar-refractivity contribution in [3.8, 4) is 17.1 Å². The molecule has 0 atom stereocenters. The highest BCUT2D eigenvalue weighted by atomic mass is 35.5. The van der Waals surface area contributed by atoms with Crippen molar-refractivity contribution in [2.24, 2.45) is 0 Å². The lowest BCUT2D eigenvalue weighted by Crippen LogP contribution is -2.14. The van der Waals surface area contributed by atoms with Crippen LogP contribution in [0.2, 0.25) is 5.02 Å². The van der Waals surface area contributed by atoms with Crippen molar-refractivity contribution in [3.63, 3.8) is 0 Å². The van der Waals surface area contributed by atoms with Crippen LogP contribution in [0.1, 0.15) is 10.8 Å². The van der Waals surface area contributed by atoms with Gasteiger partial charge in [0.15, 0.2) is 0 Å². The zero-order valence-corrected chi connectivity index (χ0v) is 15.3. The highest BCUT2D eigenvalue weighted by Gasteiger charge is 2.13. The number of aryl methyl sites for hydroxylation is 1. The van der Waals surface area contributed by atoms with Crippen LogP contribution in [0.5, 0.6) is 5.75 Å². The molecule has 0 unspecified atom stereocenters. The van der Waals surface area contributed by atoms with Crippen molar-refractivity contribution < 1.29 is 4.74 Å². The molecule has 0 saturated carbocycles. The zero-order chi connectivity index (χ0) is 18.1. The fourth-order valence-corrected chi connectivity index (χ4v) is 3.33. The molecule has 3 aromatic heterocycles. The molecule has 1 N–H and O–H groups in total. The number of halogens is 1. The molecule has 8 heteroatoms. The van der Waals surface area contributed by atoms with Gasteiger partial charge >= 0.3 is 0 Å². The molecule has 0 saturated heterocycles. The summed E-state index contributed by atoms with van der Waals surface area (Å²) in [6.07, 6.45) is 1.59. The Morgan fingerprint density at radius 2 is 2.15 bits per heavy atom. The second-order valence-electron chi connectivity index (χ2n) is 5.57. The number of pyridine rings is 1. The highest BCUT2D eigenvalue weighted by molar-refractivity contribution is 7.09. The number of H-pyrrole nitrogens is 1. The van der Waals surface area contributed by atoms with E-state index >= 15 is 0 Å². The summed E-state index contributed by atoms with van der Waals surface area (Å²) in [6, 6.07) is 8.69. The summed E-state index contributed by atoms with van der Waals surface area (Å²) in [5, 5.41) is 3.87. The van der Waals surface area contributed by atoms with Crippen LogP contribution in [0.25, 0.3) is 22.3 Å². The van der Waals surface area contributed by atoms with Gasteiger partial charge in [-0.2, -0.15) is 0 Å². The quantitative estimate of drug-likeness (QED) is 0.575. The monoisotopic (exact) mass is 384 g/mol. The first kappa shape index (κ1) is 16.7. The van der Waals surface area contributed by atoms with E-state index in [4.69, 9.17) is 16.3 Å². The molecular weight excluding hydrogens is 372 g/mol. The minimum Gasteiger partial charge on any atom is -0.486 e. The second-order valence-corrected chi connectivity index (χ2v) is 7.06. The number of fused-ring (bicyclic) bond motifs is 1. The van der Waals surface area contributed by atoms with E-state index in [9.17, 15) is 4.79 Å². The smallest absolute Gasteiger partial charge is 0.258 e. The first-order chi connectivity index (χ1) is 12.6. The summed E-state index contributed by atoms with van der Waals surface area (Å²) < 4.78 is 5.68. The van der Waals surface area contributed by atoms with Crippen molar-refractivity contribution in [2.75, 3.05) is 0 Å². The SMILES string of the molecule is Cc1nc(-c2nccc3c(=O)[nH]c(COc4cccc(Cl)c4)nc23)cs1. The van der Waals surface area contributed by atoms with Gasteiger partial charge in [-0.05, 0) is 31.2 Å². The predicted molar refractivity (Wildman–Crippen MR) is 102 cm³/mol. The highest BCUT2D eigenvalue weighted by Crippen LogP contribution is 2.25. The molecule has 0 amide bonds. The molecular formula is C18H13ClN4O2S. The van der Waals surface area contributed by atoms with Gasteiger partial charge < -0.3 is 9.72 Å². The molecule has 1 aromatic carbocycles. The lowest BCUT2D eigenvalue weighted by molar-refractivity contribution is 0.296. The Bertz CT molecular complexity index is 1160. The maximum atomic E-state index is 12.4. The van der Waals surface area contributed by atoms with E-state index in [1.165, 1.54) is 11.3 Å². The van der Waals surface area contributed by atoms with E-state index in [0.717, 1.165) is 5.01 Å². The molecule has 0 bridgehead atoms. The summed E-state index contributed by atoms with van der Waals surface area (Å²) in [5.41, 5.74) is 1.56. The summed E-state index contributed by atoms with van der Waals surface area (Å²) in [4.78, 5) is 28.6. The molecule has 4 rings (SSSR count). The average Bonchev–Trinajstić information content (AvgIpc) is 3.06. The van der Waals surface area contributed by atoms with Gasteiger partial charge in [0.2, 0.25) is 0 Å². The van der Waals surface area contributed by atoms with E-state index in [1.54, 1.807) is 36.5 Å². The molecule has 0 aliphatic rings. The van der Waals surface area contributed by atoms with Crippen LogP contribution in [0.15, 0.2) is 46.7 Å². The van der Waals surface area contributed by atoms with Crippen LogP contribution in [-0.4, -0.2) is 19.9 Å². The molecule has 0 aliphatic carbocycles. The van der Waals surface area contributed by atoms with Crippen LogP contribution >= 0.6 is 22.9 Å². The maximum Gasteiger partial charge on any atom is 0.258 e. The number of nitrogens with one attached hydrogen (secondary N) is 1. The van der Waals surface area contributed by atoms with Crippen LogP contribution in [-0.2, 0) is 6.61 Å². The summed E-state index contributed by atoms with van der Waals surface area (Å²) >= 11 is 7.48. The number of nitrogens with zero attached hydrogens (tertiary/aromatic N) is 3. The Balaban J connectivity index is 1.74. The van der Waals surface area contributed by atoms with Gasteiger partial charge in [0.1, 0.15) is 35.1 Å². The second kappa shape index (κ2) is 6.86. The maximum absolute atomic E-state index is 12.4. The third-order valence-electron chi connectivity index (χ3n) is 3.71. The number of hydrogen-bond acceptors (Lipinski definition) is 6. The van der Waals surface area contributed by atoms with Crippen LogP contribution in [0.4, 0.5) is 0 Å². The largest absolute Gasteiger partial charge is 0.486 e. The summed E-state index contributed by atoms with van der Waals surface area (Å²) in [7, 11) is 0. The van der Waals surface area contributed by atoms with E-state index in [1.807, 2.05) is 12.3 Å². The zero-order valence-electron chi connectivity index (χ0n) is 13.7. The average molecular weight is 385 g/mol. The molecule has 26 heavy (non-hydrogen) atoms. The van der Waals surface area contributed by atoms with Gasteiger partial charge in [-0.1, -0.05) is 17.7 Å². The fourth-order valence-electron chi connectivity index (χ4n) is 2.55. The van der Waals surface area contributed by atoms with Gasteiger partial charge in [0, 0.05) is 16.6 Å². The molecule has 3 heterocycles. The van der Waals surface area contributed by atoms with Crippen molar-refractivity contribution in [1.82, 2.24) is 19.9 Å². The lowest BCUT2D eigenvalue weighted by Gasteiger charge is -2.08. The minimum atomic E-state index is -0.240. The number of aromatic nitrogens is 4. The number of benzene rings is 1. The summed E-state index contributed by atoms with van der Waals surface area (Å²) in [5.74, 6) is 1.01. The van der Waals surface area contributed by atoms with E-state index in [0.29, 0.717) is 38.9 Å². The van der Waals surface area contributed by atoms with Crippen molar-refractivity contribution in [2.45, 2.75) is 13.5 Å². The van der Waals surface area contributed by atoms with Crippen LogP contribution in [0.3, 0.4) is 0 Å². The van der Waals surface area contributed by atoms with Gasteiger partial charge in [-0.15, -0.1) is 11.3 Å². The number of ether oxygens (including phenoxy) is 1. The molecule has 4 aromatic rings. The normalized spacial score (nSPS) is 11.0. The van der Waals surface area contributed by atoms with Crippen LogP contribution < -0.4 is 10.3 Å². The third-order valence-corrected chi connectivity index (χ3v) is 4.72. The van der Waals surface area contributed by atoms with Crippen molar-refractivity contribution in [1.29, 1.82) is 0 Å². The molecule has 130 valence electrons. The Labute approximate surface area is 157 Å². The van der Waals surface area contributed by atoms with Crippen molar-refractivity contribution >= 4 is 33.8 Å². The third kappa shape index (κ3) is 3.31. The van der Waals surface area contributed by atoms with E-state index < -0.39 is 0 Å². The number of rotatable bonds is 4. The topological polar surface area (TPSA) is 80.8 Å². The van der Waals surface area contributed by atoms with Gasteiger partial charge in [0.05, 0.1) is 10.4 Å². The Kier molecular flexibility index (Phi) is 4.40. The van der Waals surface area contributed by atoms with Crippen molar-refractivity contribution in [3.05, 3.63) is 68.1 Å². The standard InChI is InChI=1S/C18H13ClN4O2S/c1-10-21-14(9-26-10)17-16-13(5-6-20-17)18(24)23-15(22-16)8-25-12-4-2-3-11(19)7-12/h2-7,9H,8H2,1H3,(H,22,23,24). The Hall–Kier alpha value is -2.77. The molecule has 0 fully saturated rings. The van der Waals surface area contributed by atoms with E-state index in [-0.39, 0.29) is 12.2 Å². The lowest BCUT2D eigenvalue weighted by atomic mass is 10.2. The molecule has 6 nitrogen and oxygen atoms in total. The van der Waals surface area contributed by atoms with Gasteiger partial charge in [-0.3, -0.25) is 9.78 Å². The first-order valence-electron chi connectivity index (χ1n) is 7.79. The minimum absolute atomic E-state index is 0.107. The molecule has 0 aliphatic heterocycles.